The Balaban J connectivity index is 0. The van der Waals surface area contributed by atoms with Crippen molar-refractivity contribution in [3.63, 3.8) is 0 Å². The summed E-state index contributed by atoms with van der Waals surface area (Å²) in [7, 11) is -4.37. The predicted octanol–water partition coefficient (Wildman–Crippen LogP) is 0.596. The summed E-state index contributed by atoms with van der Waals surface area (Å²) in [6.45, 7) is 3.83. The van der Waals surface area contributed by atoms with Gasteiger partial charge >= 0.3 is 29.6 Å². The first kappa shape index (κ1) is 24.1. The van der Waals surface area contributed by atoms with Gasteiger partial charge in [0.2, 0.25) is 0 Å². The number of aliphatic hydroxyl groups excluding tert-OH is 1. The number of aliphatic hydroxyl groups is 1. The maximum atomic E-state index is 10.9. The molecule has 0 saturated carbocycles. The first-order valence-corrected chi connectivity index (χ1v) is 9.53. The number of hydrogen-bond acceptors (Lipinski definition) is 4. The van der Waals surface area contributed by atoms with Gasteiger partial charge in [0.25, 0.3) is 0 Å². The van der Waals surface area contributed by atoms with Crippen molar-refractivity contribution in [1.82, 2.24) is 0 Å². The Hall–Kier alpha value is 0.870. The minimum atomic E-state index is -4.37. The van der Waals surface area contributed by atoms with Crippen molar-refractivity contribution in [2.45, 2.75) is 95.8 Å². The van der Waals surface area contributed by atoms with E-state index in [1.54, 1.807) is 6.92 Å². The minimum Gasteiger partial charge on any atom is -0.748 e. The zero-order valence-corrected chi connectivity index (χ0v) is 16.8. The molecule has 0 rings (SSSR count). The fourth-order valence-corrected chi connectivity index (χ4v) is 3.45. The van der Waals surface area contributed by atoms with Gasteiger partial charge in [0.1, 0.15) is 10.1 Å². The van der Waals surface area contributed by atoms with Crippen molar-refractivity contribution >= 4 is 10.1 Å². The molecule has 2 atom stereocenters. The zero-order chi connectivity index (χ0) is 15.4. The van der Waals surface area contributed by atoms with E-state index in [1.807, 2.05) is 0 Å². The molecule has 0 aliphatic carbocycles. The molecule has 0 bridgehead atoms. The fourth-order valence-electron chi connectivity index (χ4n) is 2.52. The number of unbranched alkanes of at least 4 members (excludes halogenated alkanes) is 8. The first-order chi connectivity index (χ1) is 9.43. The molecular formula is C15H31NaO4S. The van der Waals surface area contributed by atoms with Crippen LogP contribution in [-0.2, 0) is 10.1 Å². The molecule has 6 heteroatoms. The monoisotopic (exact) mass is 330 g/mol. The topological polar surface area (TPSA) is 77.4 Å². The van der Waals surface area contributed by atoms with Crippen LogP contribution in [0, 0.1) is 0 Å². The summed E-state index contributed by atoms with van der Waals surface area (Å²) in [6.07, 6.45) is 10.2. The molecule has 0 aromatic rings. The van der Waals surface area contributed by atoms with Crippen LogP contribution in [0.2, 0.25) is 0 Å². The third-order valence-corrected chi connectivity index (χ3v) is 5.19. The van der Waals surface area contributed by atoms with Gasteiger partial charge in [0.15, 0.2) is 0 Å². The van der Waals surface area contributed by atoms with E-state index in [2.05, 4.69) is 6.92 Å². The average Bonchev–Trinajstić information content (AvgIpc) is 2.36. The van der Waals surface area contributed by atoms with Gasteiger partial charge in [-0.05, 0) is 12.8 Å². The first-order valence-electron chi connectivity index (χ1n) is 8.06. The molecule has 0 spiro atoms. The van der Waals surface area contributed by atoms with Gasteiger partial charge in [-0.1, -0.05) is 71.6 Å². The Morgan fingerprint density at radius 2 is 1.33 bits per heavy atom. The van der Waals surface area contributed by atoms with Gasteiger partial charge < -0.3 is 9.66 Å². The zero-order valence-electron chi connectivity index (χ0n) is 14.0. The second-order valence-electron chi connectivity index (χ2n) is 5.62. The molecule has 0 radical (unpaired) electrons. The molecule has 0 heterocycles. The van der Waals surface area contributed by atoms with Crippen LogP contribution in [0.1, 0.15) is 84.5 Å². The quantitative estimate of drug-likeness (QED) is 0.305. The molecule has 0 aromatic heterocycles. The van der Waals surface area contributed by atoms with Crippen LogP contribution in [0.3, 0.4) is 0 Å². The summed E-state index contributed by atoms with van der Waals surface area (Å²) >= 11 is 0. The summed E-state index contributed by atoms with van der Waals surface area (Å²) in [4.78, 5) is 0. The van der Waals surface area contributed by atoms with Gasteiger partial charge in [-0.15, -0.1) is 0 Å². The third kappa shape index (κ3) is 13.0. The molecule has 122 valence electrons. The van der Waals surface area contributed by atoms with Crippen molar-refractivity contribution in [3.8, 4) is 0 Å². The van der Waals surface area contributed by atoms with Crippen LogP contribution in [0.15, 0.2) is 0 Å². The van der Waals surface area contributed by atoms with E-state index in [9.17, 15) is 18.1 Å². The molecule has 2 unspecified atom stereocenters. The van der Waals surface area contributed by atoms with Gasteiger partial charge in [-0.3, -0.25) is 0 Å². The third-order valence-electron chi connectivity index (χ3n) is 3.81. The summed E-state index contributed by atoms with van der Waals surface area (Å²) in [6, 6.07) is 0. The minimum absolute atomic E-state index is 0. The molecule has 21 heavy (non-hydrogen) atoms. The summed E-state index contributed by atoms with van der Waals surface area (Å²) in [5.41, 5.74) is 0. The van der Waals surface area contributed by atoms with Crippen LogP contribution < -0.4 is 29.6 Å². The summed E-state index contributed by atoms with van der Waals surface area (Å²) < 4.78 is 32.8. The molecular weight excluding hydrogens is 299 g/mol. The van der Waals surface area contributed by atoms with Crippen molar-refractivity contribution < 1.29 is 47.6 Å². The molecule has 0 amide bonds. The Kier molecular flexibility index (Phi) is 16.6. The van der Waals surface area contributed by atoms with E-state index in [4.69, 9.17) is 0 Å². The Morgan fingerprint density at radius 1 is 0.905 bits per heavy atom. The maximum Gasteiger partial charge on any atom is 1.00 e. The molecule has 4 nitrogen and oxygen atoms in total. The molecule has 1 N–H and O–H groups in total. The van der Waals surface area contributed by atoms with E-state index >= 15 is 0 Å². The average molecular weight is 330 g/mol. The largest absolute Gasteiger partial charge is 1.00 e. The van der Waals surface area contributed by atoms with Crippen LogP contribution in [0.25, 0.3) is 0 Å². The van der Waals surface area contributed by atoms with Crippen molar-refractivity contribution in [2.24, 2.45) is 0 Å². The van der Waals surface area contributed by atoms with Gasteiger partial charge in [-0.2, -0.15) is 0 Å². The van der Waals surface area contributed by atoms with Crippen LogP contribution >= 0.6 is 0 Å². The second-order valence-corrected chi connectivity index (χ2v) is 7.22. The second kappa shape index (κ2) is 14.5. The van der Waals surface area contributed by atoms with Crippen molar-refractivity contribution in [2.75, 3.05) is 0 Å². The van der Waals surface area contributed by atoms with E-state index < -0.39 is 21.5 Å². The molecule has 0 fully saturated rings. The van der Waals surface area contributed by atoms with Gasteiger partial charge in [0, 0.05) is 0 Å². The normalized spacial score (nSPS) is 14.5. The van der Waals surface area contributed by atoms with Crippen LogP contribution in [-0.4, -0.2) is 29.4 Å². The van der Waals surface area contributed by atoms with Crippen LogP contribution in [0.4, 0.5) is 0 Å². The van der Waals surface area contributed by atoms with E-state index in [-0.39, 0.29) is 36.0 Å². The fraction of sp³-hybridized carbons (Fsp3) is 1.00. The molecule has 0 saturated heterocycles. The van der Waals surface area contributed by atoms with Gasteiger partial charge in [-0.25, -0.2) is 8.42 Å². The maximum absolute atomic E-state index is 10.9. The van der Waals surface area contributed by atoms with Crippen molar-refractivity contribution in [3.05, 3.63) is 0 Å². The van der Waals surface area contributed by atoms with E-state index in [0.717, 1.165) is 19.3 Å². The summed E-state index contributed by atoms with van der Waals surface area (Å²) in [5.74, 6) is 0. The Morgan fingerprint density at radius 3 is 1.71 bits per heavy atom. The smallest absolute Gasteiger partial charge is 0.748 e. The molecule has 0 aromatic carbocycles. The molecule has 0 aliphatic heterocycles. The SMILES string of the molecule is CCCCCCCCCCCC(O)C(CC)S(=O)(=O)[O-].[Na+]. The van der Waals surface area contributed by atoms with E-state index in [0.29, 0.717) is 6.42 Å². The Labute approximate surface area is 153 Å². The predicted molar refractivity (Wildman–Crippen MR) is 81.6 cm³/mol. The van der Waals surface area contributed by atoms with Crippen LogP contribution in [0.5, 0.6) is 0 Å². The molecule has 0 aliphatic rings. The van der Waals surface area contributed by atoms with Crippen molar-refractivity contribution in [1.29, 1.82) is 0 Å². The van der Waals surface area contributed by atoms with E-state index in [1.165, 1.54) is 38.5 Å². The number of rotatable bonds is 13. The number of hydrogen-bond donors (Lipinski definition) is 1. The Bertz CT molecular complexity index is 320. The van der Waals surface area contributed by atoms with Gasteiger partial charge in [0.05, 0.1) is 11.4 Å². The standard InChI is InChI=1S/C15H32O4S.Na/c1-3-5-6-7-8-9-10-11-12-13-14(16)15(4-2)20(17,18)19;/h14-16H,3-13H2,1-2H3,(H,17,18,19);/q;+1/p-1. The summed E-state index contributed by atoms with van der Waals surface area (Å²) in [5, 5.41) is 8.62.